The minimum Gasteiger partial charge on any atom is -0.459 e. The third-order valence-corrected chi connectivity index (χ3v) is 6.84. The van der Waals surface area contributed by atoms with Crippen LogP contribution in [0, 0.1) is 5.92 Å². The SMILES string of the molecule is CC1C=C2C(N)=NC=NN2C1[C@@H]1O[C@H](COC(=O)c2ccccc2)[C@@H](OC(=O)c2ccccc2)[C@@]1(C)F. The van der Waals surface area contributed by atoms with E-state index in [1.165, 1.54) is 13.3 Å². The van der Waals surface area contributed by atoms with Gasteiger partial charge in [0.2, 0.25) is 0 Å². The van der Waals surface area contributed by atoms with Gasteiger partial charge in [-0.05, 0) is 31.2 Å². The Morgan fingerprint density at radius 3 is 2.35 bits per heavy atom. The van der Waals surface area contributed by atoms with Crippen LogP contribution in [0.5, 0.6) is 0 Å². The predicted molar refractivity (Wildman–Crippen MR) is 134 cm³/mol. The van der Waals surface area contributed by atoms with Crippen LogP contribution in [0.3, 0.4) is 0 Å². The smallest absolute Gasteiger partial charge is 0.338 e. The van der Waals surface area contributed by atoms with Gasteiger partial charge in [-0.3, -0.25) is 5.01 Å². The summed E-state index contributed by atoms with van der Waals surface area (Å²) in [5.74, 6) is -1.24. The Bertz CT molecular complexity index is 1260. The number of alkyl halides is 1. The summed E-state index contributed by atoms with van der Waals surface area (Å²) < 4.78 is 34.0. The summed E-state index contributed by atoms with van der Waals surface area (Å²) in [4.78, 5) is 29.5. The number of nitrogens with two attached hydrogens (primary N) is 1. The van der Waals surface area contributed by atoms with Crippen molar-refractivity contribution in [3.63, 3.8) is 0 Å². The molecule has 3 aliphatic heterocycles. The zero-order chi connectivity index (χ0) is 26.2. The first-order valence-corrected chi connectivity index (χ1v) is 12.0. The summed E-state index contributed by atoms with van der Waals surface area (Å²) in [6, 6.07) is 16.1. The van der Waals surface area contributed by atoms with Crippen molar-refractivity contribution in [2.45, 2.75) is 43.9 Å². The quantitative estimate of drug-likeness (QED) is 0.599. The van der Waals surface area contributed by atoms with E-state index in [0.717, 1.165) is 0 Å². The van der Waals surface area contributed by atoms with Gasteiger partial charge in [-0.25, -0.2) is 19.0 Å². The van der Waals surface area contributed by atoms with Gasteiger partial charge in [0.25, 0.3) is 0 Å². The van der Waals surface area contributed by atoms with Gasteiger partial charge in [-0.15, -0.1) is 0 Å². The van der Waals surface area contributed by atoms with Crippen LogP contribution in [-0.2, 0) is 14.2 Å². The second-order valence-corrected chi connectivity index (χ2v) is 9.39. The van der Waals surface area contributed by atoms with E-state index in [2.05, 4.69) is 10.1 Å². The van der Waals surface area contributed by atoms with Gasteiger partial charge in [-0.1, -0.05) is 49.4 Å². The number of carbonyl (C=O) groups excluding carboxylic acids is 2. The van der Waals surface area contributed by atoms with Crippen LogP contribution in [0.15, 0.2) is 82.5 Å². The molecule has 1 saturated heterocycles. The molecule has 2 aromatic rings. The fourth-order valence-corrected chi connectivity index (χ4v) is 4.99. The highest BCUT2D eigenvalue weighted by molar-refractivity contribution is 6.02. The molecule has 0 spiro atoms. The molecule has 9 nitrogen and oxygen atoms in total. The molecule has 2 N–H and O–H groups in total. The zero-order valence-corrected chi connectivity index (χ0v) is 20.4. The van der Waals surface area contributed by atoms with Crippen molar-refractivity contribution in [2.75, 3.05) is 6.61 Å². The molecule has 192 valence electrons. The topological polar surface area (TPSA) is 116 Å². The van der Waals surface area contributed by atoms with Crippen LogP contribution in [0.2, 0.25) is 0 Å². The van der Waals surface area contributed by atoms with E-state index in [4.69, 9.17) is 19.9 Å². The Hall–Kier alpha value is -4.05. The lowest BCUT2D eigenvalue weighted by molar-refractivity contribution is -0.0631. The predicted octanol–water partition coefficient (Wildman–Crippen LogP) is 3.08. The zero-order valence-electron chi connectivity index (χ0n) is 20.4. The summed E-state index contributed by atoms with van der Waals surface area (Å²) in [6.07, 6.45) is -0.351. The highest BCUT2D eigenvalue weighted by atomic mass is 19.1. The number of nitrogens with zero attached hydrogens (tertiary/aromatic N) is 3. The Morgan fingerprint density at radius 1 is 1.08 bits per heavy atom. The average molecular weight is 507 g/mol. The van der Waals surface area contributed by atoms with Crippen LogP contribution in [0.4, 0.5) is 4.39 Å². The van der Waals surface area contributed by atoms with E-state index in [1.807, 2.05) is 13.0 Å². The first-order valence-electron chi connectivity index (χ1n) is 12.0. The number of halogens is 1. The minimum atomic E-state index is -2.16. The molecule has 0 aromatic heterocycles. The number of hydrogen-bond donors (Lipinski definition) is 1. The summed E-state index contributed by atoms with van der Waals surface area (Å²) in [5.41, 5.74) is 5.04. The highest BCUT2D eigenvalue weighted by Gasteiger charge is 2.62. The molecule has 0 saturated carbocycles. The summed E-state index contributed by atoms with van der Waals surface area (Å²) in [6.45, 7) is 2.91. The number of esters is 2. The molecular weight excluding hydrogens is 479 g/mol. The van der Waals surface area contributed by atoms with Gasteiger partial charge in [0.15, 0.2) is 17.6 Å². The van der Waals surface area contributed by atoms with Gasteiger partial charge in [-0.2, -0.15) is 5.10 Å². The van der Waals surface area contributed by atoms with Crippen molar-refractivity contribution in [3.8, 4) is 0 Å². The number of benzene rings is 2. The lowest BCUT2D eigenvalue weighted by Crippen LogP contribution is -2.53. The molecule has 3 aliphatic rings. The van der Waals surface area contributed by atoms with Crippen LogP contribution in [0.1, 0.15) is 34.6 Å². The monoisotopic (exact) mass is 506 g/mol. The molecule has 2 aromatic carbocycles. The van der Waals surface area contributed by atoms with Crippen molar-refractivity contribution < 1.29 is 28.2 Å². The normalized spacial score (nSPS) is 30.4. The van der Waals surface area contributed by atoms with Crippen LogP contribution in [-0.4, -0.2) is 65.8 Å². The maximum atomic E-state index is 16.7. The van der Waals surface area contributed by atoms with Crippen LogP contribution in [0.25, 0.3) is 0 Å². The molecule has 37 heavy (non-hydrogen) atoms. The third-order valence-electron chi connectivity index (χ3n) is 6.84. The van der Waals surface area contributed by atoms with Gasteiger partial charge < -0.3 is 19.9 Å². The average Bonchev–Trinajstić information content (AvgIpc) is 3.36. The van der Waals surface area contributed by atoms with Crippen molar-refractivity contribution >= 4 is 24.1 Å². The third kappa shape index (κ3) is 4.60. The van der Waals surface area contributed by atoms with Crippen molar-refractivity contribution in [1.82, 2.24) is 5.01 Å². The van der Waals surface area contributed by atoms with E-state index in [9.17, 15) is 9.59 Å². The standard InChI is InChI=1S/C27H27FN4O5/c1-16-13-19-24(29)30-15-31-32(19)21(16)23-27(2,28)22(37-26(34)18-11-7-4-8-12-18)20(36-23)14-35-25(33)17-9-5-3-6-10-17/h3-13,15-16,20-23H,14H2,1-2H3,(H2,29,30,31)/t16?,20-,21?,22-,23+,27-/m1/s1. The molecule has 3 heterocycles. The highest BCUT2D eigenvalue weighted by Crippen LogP contribution is 2.45. The van der Waals surface area contributed by atoms with Crippen LogP contribution < -0.4 is 5.73 Å². The van der Waals surface area contributed by atoms with Gasteiger partial charge in [0.1, 0.15) is 25.2 Å². The fourth-order valence-electron chi connectivity index (χ4n) is 4.99. The maximum absolute atomic E-state index is 16.7. The number of hydrazone groups is 1. The summed E-state index contributed by atoms with van der Waals surface area (Å²) >= 11 is 0. The molecule has 0 aliphatic carbocycles. The van der Waals surface area contributed by atoms with Gasteiger partial charge in [0.05, 0.1) is 22.9 Å². The first-order chi connectivity index (χ1) is 17.8. The molecule has 10 heteroatoms. The van der Waals surface area contributed by atoms with Gasteiger partial charge in [0, 0.05) is 5.92 Å². The van der Waals surface area contributed by atoms with E-state index < -0.39 is 42.0 Å². The fraction of sp³-hybridized carbons (Fsp3) is 0.333. The van der Waals surface area contributed by atoms with E-state index in [1.54, 1.807) is 65.7 Å². The number of ether oxygens (including phenoxy) is 3. The maximum Gasteiger partial charge on any atom is 0.338 e. The molecule has 2 unspecified atom stereocenters. The Morgan fingerprint density at radius 2 is 1.70 bits per heavy atom. The van der Waals surface area contributed by atoms with Gasteiger partial charge >= 0.3 is 11.9 Å². The molecule has 6 atom stereocenters. The second-order valence-electron chi connectivity index (χ2n) is 9.39. The molecule has 1 fully saturated rings. The molecule has 0 bridgehead atoms. The molecule has 5 rings (SSSR count). The summed E-state index contributed by atoms with van der Waals surface area (Å²) in [7, 11) is 0. The molecule has 0 radical (unpaired) electrons. The Kier molecular flexibility index (Phi) is 6.51. The number of fused-ring (bicyclic) bond motifs is 1. The van der Waals surface area contributed by atoms with Crippen molar-refractivity contribution in [1.29, 1.82) is 0 Å². The molecule has 0 amide bonds. The number of hydrogen-bond acceptors (Lipinski definition) is 9. The number of amidine groups is 1. The first kappa shape index (κ1) is 24.6. The van der Waals surface area contributed by atoms with Crippen molar-refractivity contribution in [3.05, 3.63) is 83.6 Å². The minimum absolute atomic E-state index is 0.213. The largest absolute Gasteiger partial charge is 0.459 e. The van der Waals surface area contributed by atoms with E-state index in [-0.39, 0.29) is 23.9 Å². The van der Waals surface area contributed by atoms with E-state index in [0.29, 0.717) is 11.3 Å². The lowest BCUT2D eigenvalue weighted by Gasteiger charge is -2.36. The Labute approximate surface area is 213 Å². The number of aliphatic imine (C=N–C) groups is 1. The van der Waals surface area contributed by atoms with Crippen molar-refractivity contribution in [2.24, 2.45) is 21.7 Å². The Balaban J connectivity index is 1.41. The lowest BCUT2D eigenvalue weighted by atomic mass is 9.86. The number of carbonyl (C=O) groups is 2. The van der Waals surface area contributed by atoms with Crippen LogP contribution >= 0.6 is 0 Å². The molecular formula is C27H27FN4O5. The van der Waals surface area contributed by atoms with E-state index >= 15 is 4.39 Å². The number of rotatable bonds is 6. The summed E-state index contributed by atoms with van der Waals surface area (Å²) in [5, 5.41) is 5.88. The second kappa shape index (κ2) is 9.78.